The van der Waals surface area contributed by atoms with Crippen molar-refractivity contribution in [3.8, 4) is 11.5 Å². The number of carbonyl (C=O) groups is 1. The Morgan fingerprint density at radius 1 is 1.24 bits per heavy atom. The molecule has 0 saturated carbocycles. The van der Waals surface area contributed by atoms with Gasteiger partial charge in [-0.25, -0.2) is 12.7 Å². The number of nitrogens with zero attached hydrogens (tertiary/aromatic N) is 1. The van der Waals surface area contributed by atoms with E-state index in [1.807, 2.05) is 0 Å². The van der Waals surface area contributed by atoms with Crippen molar-refractivity contribution in [1.29, 1.82) is 0 Å². The van der Waals surface area contributed by atoms with Gasteiger partial charge in [-0.3, -0.25) is 4.79 Å². The molecule has 0 aliphatic carbocycles. The quantitative estimate of drug-likeness (QED) is 0.787. The van der Waals surface area contributed by atoms with Gasteiger partial charge in [-0.05, 0) is 35.7 Å². The fourth-order valence-electron chi connectivity index (χ4n) is 2.97. The molecule has 2 heterocycles. The molecule has 1 aromatic carbocycles. The molecular weight excluding hydrogens is 412 g/mol. The van der Waals surface area contributed by atoms with Gasteiger partial charge in [0, 0.05) is 35.6 Å². The second-order valence-corrected chi connectivity index (χ2v) is 9.15. The standard InChI is InChI=1S/C16H21BrN2O5S/c1-2-25(21,22)19-5-3-11(4-6-19)16(20)18-13-10-15-14(9-12(13)17)23-7-8-24-15/h9-11H,2-8H2,1H3,(H,18,20). The molecule has 1 saturated heterocycles. The predicted octanol–water partition coefficient (Wildman–Crippen LogP) is 2.22. The molecule has 0 bridgehead atoms. The summed E-state index contributed by atoms with van der Waals surface area (Å²) < 4.78 is 37.0. The number of rotatable bonds is 4. The number of hydrogen-bond donors (Lipinski definition) is 1. The van der Waals surface area contributed by atoms with Gasteiger partial charge in [0.2, 0.25) is 15.9 Å². The average Bonchev–Trinajstić information content (AvgIpc) is 2.62. The van der Waals surface area contributed by atoms with Crippen molar-refractivity contribution >= 4 is 37.5 Å². The van der Waals surface area contributed by atoms with Crippen LogP contribution in [0.4, 0.5) is 5.69 Å². The van der Waals surface area contributed by atoms with Crippen LogP contribution in [0.2, 0.25) is 0 Å². The van der Waals surface area contributed by atoms with Crippen LogP contribution >= 0.6 is 15.9 Å². The summed E-state index contributed by atoms with van der Waals surface area (Å²) in [5, 5.41) is 2.91. The van der Waals surface area contributed by atoms with Gasteiger partial charge in [0.1, 0.15) is 13.2 Å². The average molecular weight is 433 g/mol. The lowest BCUT2D eigenvalue weighted by Crippen LogP contribution is -2.42. The van der Waals surface area contributed by atoms with E-state index in [1.54, 1.807) is 19.1 Å². The normalized spacial score (nSPS) is 18.8. The highest BCUT2D eigenvalue weighted by Crippen LogP contribution is 2.38. The summed E-state index contributed by atoms with van der Waals surface area (Å²) in [5.41, 5.74) is 0.623. The fourth-order valence-corrected chi connectivity index (χ4v) is 4.53. The maximum Gasteiger partial charge on any atom is 0.227 e. The molecule has 7 nitrogen and oxygen atoms in total. The number of amides is 1. The van der Waals surface area contributed by atoms with E-state index in [0.717, 1.165) is 4.47 Å². The summed E-state index contributed by atoms with van der Waals surface area (Å²) >= 11 is 3.44. The van der Waals surface area contributed by atoms with Gasteiger partial charge in [0.15, 0.2) is 11.5 Å². The van der Waals surface area contributed by atoms with E-state index in [2.05, 4.69) is 21.2 Å². The van der Waals surface area contributed by atoms with Crippen LogP contribution in [0.15, 0.2) is 16.6 Å². The Morgan fingerprint density at radius 2 is 1.84 bits per heavy atom. The number of sulfonamides is 1. The molecule has 0 atom stereocenters. The molecule has 1 fully saturated rings. The highest BCUT2D eigenvalue weighted by Gasteiger charge is 2.30. The zero-order valence-corrected chi connectivity index (χ0v) is 16.4. The van der Waals surface area contributed by atoms with Crippen molar-refractivity contribution in [2.24, 2.45) is 5.92 Å². The van der Waals surface area contributed by atoms with Crippen LogP contribution in [0.3, 0.4) is 0 Å². The second-order valence-electron chi connectivity index (χ2n) is 6.04. The Labute approximate surface area is 155 Å². The van der Waals surface area contributed by atoms with E-state index in [0.29, 0.717) is 56.3 Å². The first-order chi connectivity index (χ1) is 11.9. The zero-order valence-electron chi connectivity index (χ0n) is 14.0. The lowest BCUT2D eigenvalue weighted by Gasteiger charge is -2.30. The number of fused-ring (bicyclic) bond motifs is 1. The molecule has 0 radical (unpaired) electrons. The Morgan fingerprint density at radius 3 is 2.44 bits per heavy atom. The van der Waals surface area contributed by atoms with E-state index in [9.17, 15) is 13.2 Å². The molecule has 0 spiro atoms. The SMILES string of the molecule is CCS(=O)(=O)N1CCC(C(=O)Nc2cc3c(cc2Br)OCCO3)CC1. The van der Waals surface area contributed by atoms with Crippen LogP contribution in [0, 0.1) is 5.92 Å². The van der Waals surface area contributed by atoms with E-state index in [4.69, 9.17) is 9.47 Å². The Balaban J connectivity index is 1.64. The topological polar surface area (TPSA) is 84.9 Å². The number of nitrogens with one attached hydrogen (secondary N) is 1. The molecule has 0 aromatic heterocycles. The number of carbonyl (C=O) groups excluding carboxylic acids is 1. The maximum absolute atomic E-state index is 12.5. The number of hydrogen-bond acceptors (Lipinski definition) is 5. The van der Waals surface area contributed by atoms with Crippen LogP contribution in [0.1, 0.15) is 19.8 Å². The van der Waals surface area contributed by atoms with Crippen molar-refractivity contribution in [2.45, 2.75) is 19.8 Å². The molecule has 3 rings (SSSR count). The number of halogens is 1. The second kappa shape index (κ2) is 7.51. The number of piperidine rings is 1. The molecule has 1 N–H and O–H groups in total. The molecule has 1 amide bonds. The van der Waals surface area contributed by atoms with Crippen molar-refractivity contribution in [2.75, 3.05) is 37.4 Å². The summed E-state index contributed by atoms with van der Waals surface area (Å²) in [4.78, 5) is 12.5. The minimum Gasteiger partial charge on any atom is -0.486 e. The molecule has 2 aliphatic heterocycles. The summed E-state index contributed by atoms with van der Waals surface area (Å²) in [7, 11) is -3.18. The molecule has 9 heteroatoms. The van der Waals surface area contributed by atoms with Gasteiger partial charge in [-0.2, -0.15) is 0 Å². The number of ether oxygens (including phenoxy) is 2. The molecule has 25 heavy (non-hydrogen) atoms. The number of benzene rings is 1. The van der Waals surface area contributed by atoms with Gasteiger partial charge >= 0.3 is 0 Å². The van der Waals surface area contributed by atoms with E-state index in [-0.39, 0.29) is 17.6 Å². The van der Waals surface area contributed by atoms with Crippen LogP contribution in [-0.2, 0) is 14.8 Å². The molecule has 2 aliphatic rings. The van der Waals surface area contributed by atoms with Gasteiger partial charge in [0.25, 0.3) is 0 Å². The van der Waals surface area contributed by atoms with Gasteiger partial charge < -0.3 is 14.8 Å². The van der Waals surface area contributed by atoms with Crippen molar-refractivity contribution < 1.29 is 22.7 Å². The third-order valence-corrected chi connectivity index (χ3v) is 7.01. The van der Waals surface area contributed by atoms with Gasteiger partial charge in [0.05, 0.1) is 11.4 Å². The molecule has 138 valence electrons. The lowest BCUT2D eigenvalue weighted by molar-refractivity contribution is -0.120. The highest BCUT2D eigenvalue weighted by molar-refractivity contribution is 9.10. The minimum absolute atomic E-state index is 0.0913. The number of anilines is 1. The zero-order chi connectivity index (χ0) is 18.0. The first-order valence-corrected chi connectivity index (χ1v) is 10.7. The molecule has 0 unspecified atom stereocenters. The van der Waals surface area contributed by atoms with Crippen LogP contribution in [0.25, 0.3) is 0 Å². The van der Waals surface area contributed by atoms with Gasteiger partial charge in [-0.15, -0.1) is 0 Å². The molecule has 1 aromatic rings. The smallest absolute Gasteiger partial charge is 0.227 e. The Kier molecular flexibility index (Phi) is 5.55. The van der Waals surface area contributed by atoms with Crippen LogP contribution < -0.4 is 14.8 Å². The maximum atomic E-state index is 12.5. The Hall–Kier alpha value is -1.32. The predicted molar refractivity (Wildman–Crippen MR) is 97.5 cm³/mol. The summed E-state index contributed by atoms with van der Waals surface area (Å²) in [5.74, 6) is 1.03. The van der Waals surface area contributed by atoms with Gasteiger partial charge in [-0.1, -0.05) is 0 Å². The minimum atomic E-state index is -3.18. The van der Waals surface area contributed by atoms with Crippen molar-refractivity contribution in [1.82, 2.24) is 4.31 Å². The van der Waals surface area contributed by atoms with E-state index in [1.165, 1.54) is 4.31 Å². The summed E-state index contributed by atoms with van der Waals surface area (Å²) in [6, 6.07) is 3.52. The Bertz CT molecular complexity index is 760. The van der Waals surface area contributed by atoms with Crippen molar-refractivity contribution in [3.05, 3.63) is 16.6 Å². The summed E-state index contributed by atoms with van der Waals surface area (Å²) in [6.45, 7) is 3.39. The van der Waals surface area contributed by atoms with E-state index < -0.39 is 10.0 Å². The van der Waals surface area contributed by atoms with Crippen LogP contribution in [0.5, 0.6) is 11.5 Å². The van der Waals surface area contributed by atoms with E-state index >= 15 is 0 Å². The molecular formula is C16H21BrN2O5S. The first-order valence-electron chi connectivity index (χ1n) is 8.28. The third kappa shape index (κ3) is 4.09. The third-order valence-electron chi connectivity index (χ3n) is 4.47. The van der Waals surface area contributed by atoms with Crippen molar-refractivity contribution in [3.63, 3.8) is 0 Å². The monoisotopic (exact) mass is 432 g/mol. The largest absolute Gasteiger partial charge is 0.486 e. The van der Waals surface area contributed by atoms with Crippen LogP contribution in [-0.4, -0.2) is 50.7 Å². The first kappa shape index (κ1) is 18.5. The highest BCUT2D eigenvalue weighted by atomic mass is 79.9. The summed E-state index contributed by atoms with van der Waals surface area (Å²) in [6.07, 6.45) is 1.04. The lowest BCUT2D eigenvalue weighted by atomic mass is 9.97. The fraction of sp³-hybridized carbons (Fsp3) is 0.562.